The van der Waals surface area contributed by atoms with Gasteiger partial charge in [0.1, 0.15) is 5.84 Å². The minimum Gasteiger partial charge on any atom is -0.409 e. The predicted molar refractivity (Wildman–Crippen MR) is 81.2 cm³/mol. The highest BCUT2D eigenvalue weighted by molar-refractivity contribution is 5.87. The average Bonchev–Trinajstić information content (AvgIpc) is 3.31. The molecule has 1 amide bonds. The third kappa shape index (κ3) is 5.07. The topological polar surface area (TPSA) is 99.7 Å². The molecule has 1 aromatic rings. The van der Waals surface area contributed by atoms with Crippen molar-refractivity contribution in [2.24, 2.45) is 10.9 Å². The molecule has 2 rings (SSSR count). The summed E-state index contributed by atoms with van der Waals surface area (Å²) in [6, 6.07) is 10.0. The molecule has 21 heavy (non-hydrogen) atoms. The Kier molecular flexibility index (Phi) is 5.57. The van der Waals surface area contributed by atoms with E-state index in [9.17, 15) is 4.79 Å². The molecule has 0 aliphatic heterocycles. The van der Waals surface area contributed by atoms with Gasteiger partial charge in [-0.2, -0.15) is 0 Å². The molecule has 6 heteroatoms. The van der Waals surface area contributed by atoms with E-state index in [1.54, 1.807) is 0 Å². The fraction of sp³-hybridized carbons (Fsp3) is 0.467. The third-order valence-corrected chi connectivity index (χ3v) is 3.49. The largest absolute Gasteiger partial charge is 0.409 e. The van der Waals surface area contributed by atoms with E-state index in [1.165, 1.54) is 0 Å². The van der Waals surface area contributed by atoms with Crippen molar-refractivity contribution in [3.8, 4) is 0 Å². The van der Waals surface area contributed by atoms with Gasteiger partial charge in [0.15, 0.2) is 0 Å². The monoisotopic (exact) mass is 290 g/mol. The number of amidine groups is 1. The predicted octanol–water partition coefficient (Wildman–Crippen LogP) is 0.775. The summed E-state index contributed by atoms with van der Waals surface area (Å²) >= 11 is 0. The summed E-state index contributed by atoms with van der Waals surface area (Å²) in [5.41, 5.74) is 6.72. The van der Waals surface area contributed by atoms with Crippen LogP contribution in [-0.2, 0) is 4.79 Å². The minimum absolute atomic E-state index is 0.0741. The normalized spacial score (nSPS) is 16.5. The molecular weight excluding hydrogens is 268 g/mol. The molecule has 1 atom stereocenters. The number of hydrogen-bond acceptors (Lipinski definition) is 4. The van der Waals surface area contributed by atoms with Crippen molar-refractivity contribution < 1.29 is 10.0 Å². The van der Waals surface area contributed by atoms with Crippen molar-refractivity contribution in [3.63, 3.8) is 0 Å². The fourth-order valence-electron chi connectivity index (χ4n) is 2.12. The number of nitrogens with zero attached hydrogens (tertiary/aromatic N) is 1. The van der Waals surface area contributed by atoms with Gasteiger partial charge in [-0.1, -0.05) is 35.5 Å². The Bertz CT molecular complexity index is 486. The first-order valence-corrected chi connectivity index (χ1v) is 7.23. The summed E-state index contributed by atoms with van der Waals surface area (Å²) in [4.78, 5) is 11.6. The fourth-order valence-corrected chi connectivity index (χ4v) is 2.12. The zero-order valence-electron chi connectivity index (χ0n) is 12.0. The van der Waals surface area contributed by atoms with Gasteiger partial charge in [0.2, 0.25) is 5.91 Å². The lowest BCUT2D eigenvalue weighted by atomic mass is 9.98. The van der Waals surface area contributed by atoms with Gasteiger partial charge in [-0.05, 0) is 18.4 Å². The summed E-state index contributed by atoms with van der Waals surface area (Å²) in [5, 5.41) is 18.1. The molecule has 1 saturated carbocycles. The third-order valence-electron chi connectivity index (χ3n) is 3.49. The molecule has 1 aromatic carbocycles. The molecule has 6 nitrogen and oxygen atoms in total. The van der Waals surface area contributed by atoms with Crippen LogP contribution >= 0.6 is 0 Å². The average molecular weight is 290 g/mol. The number of carbonyl (C=O) groups excluding carboxylic acids is 1. The van der Waals surface area contributed by atoms with Crippen LogP contribution in [0.2, 0.25) is 0 Å². The Morgan fingerprint density at radius 1 is 1.38 bits per heavy atom. The highest BCUT2D eigenvalue weighted by atomic mass is 16.4. The molecule has 0 aromatic heterocycles. The maximum absolute atomic E-state index is 11.6. The molecule has 0 saturated heterocycles. The number of nitrogens with one attached hydrogen (secondary N) is 2. The Morgan fingerprint density at radius 3 is 2.71 bits per heavy atom. The van der Waals surface area contributed by atoms with Gasteiger partial charge in [0.25, 0.3) is 0 Å². The van der Waals surface area contributed by atoms with Crippen LogP contribution in [0.25, 0.3) is 0 Å². The van der Waals surface area contributed by atoms with E-state index in [0.29, 0.717) is 25.6 Å². The van der Waals surface area contributed by atoms with Crippen LogP contribution in [0, 0.1) is 0 Å². The summed E-state index contributed by atoms with van der Waals surface area (Å²) < 4.78 is 0. The van der Waals surface area contributed by atoms with Crippen molar-refractivity contribution in [1.29, 1.82) is 0 Å². The second-order valence-electron chi connectivity index (χ2n) is 5.28. The van der Waals surface area contributed by atoms with Crippen molar-refractivity contribution >= 4 is 11.7 Å². The second kappa shape index (κ2) is 7.64. The van der Waals surface area contributed by atoms with Gasteiger partial charge < -0.3 is 21.6 Å². The van der Waals surface area contributed by atoms with Crippen molar-refractivity contribution in [2.45, 2.75) is 31.2 Å². The molecule has 0 radical (unpaired) electrons. The molecule has 1 fully saturated rings. The van der Waals surface area contributed by atoms with Crippen LogP contribution in [-0.4, -0.2) is 36.1 Å². The molecule has 5 N–H and O–H groups in total. The minimum atomic E-state index is -0.206. The maximum atomic E-state index is 11.6. The molecule has 0 heterocycles. The van der Waals surface area contributed by atoms with Crippen LogP contribution < -0.4 is 16.4 Å². The molecule has 1 aliphatic carbocycles. The standard InChI is InChI=1S/C15H22N4O2/c16-15(19-21)13(11-4-2-1-3-5-11)10-17-9-8-14(20)18-12-6-7-12/h1-5,12-13,17,21H,6-10H2,(H2,16,19)(H,18,20). The lowest BCUT2D eigenvalue weighted by Gasteiger charge is -2.16. The van der Waals surface area contributed by atoms with E-state index in [0.717, 1.165) is 18.4 Å². The van der Waals surface area contributed by atoms with Crippen LogP contribution in [0.5, 0.6) is 0 Å². The molecule has 0 bridgehead atoms. The molecular formula is C15H22N4O2. The highest BCUT2D eigenvalue weighted by Gasteiger charge is 2.23. The molecule has 0 spiro atoms. The van der Waals surface area contributed by atoms with Crippen molar-refractivity contribution in [1.82, 2.24) is 10.6 Å². The van der Waals surface area contributed by atoms with Gasteiger partial charge in [0.05, 0.1) is 5.92 Å². The highest BCUT2D eigenvalue weighted by Crippen LogP contribution is 2.18. The summed E-state index contributed by atoms with van der Waals surface area (Å²) in [7, 11) is 0. The number of hydrogen-bond donors (Lipinski definition) is 4. The first kappa shape index (κ1) is 15.3. The van der Waals surface area contributed by atoms with Gasteiger partial charge in [-0.15, -0.1) is 0 Å². The van der Waals surface area contributed by atoms with E-state index in [2.05, 4.69) is 15.8 Å². The Morgan fingerprint density at radius 2 is 2.10 bits per heavy atom. The summed E-state index contributed by atoms with van der Waals surface area (Å²) in [5.74, 6) is 0.0314. The summed E-state index contributed by atoms with van der Waals surface area (Å²) in [6.45, 7) is 1.09. The number of rotatable bonds is 8. The van der Waals surface area contributed by atoms with E-state index in [1.807, 2.05) is 30.3 Å². The van der Waals surface area contributed by atoms with E-state index >= 15 is 0 Å². The second-order valence-corrected chi connectivity index (χ2v) is 5.28. The van der Waals surface area contributed by atoms with Crippen LogP contribution in [0.1, 0.15) is 30.7 Å². The lowest BCUT2D eigenvalue weighted by Crippen LogP contribution is -2.34. The van der Waals surface area contributed by atoms with Crippen molar-refractivity contribution in [3.05, 3.63) is 35.9 Å². The van der Waals surface area contributed by atoms with Crippen LogP contribution in [0.15, 0.2) is 35.5 Å². The number of carbonyl (C=O) groups is 1. The number of oxime groups is 1. The van der Waals surface area contributed by atoms with Crippen LogP contribution in [0.4, 0.5) is 0 Å². The van der Waals surface area contributed by atoms with Crippen LogP contribution in [0.3, 0.4) is 0 Å². The van der Waals surface area contributed by atoms with Crippen molar-refractivity contribution in [2.75, 3.05) is 13.1 Å². The Hall–Kier alpha value is -2.08. The molecule has 114 valence electrons. The molecule has 1 unspecified atom stereocenters. The zero-order chi connectivity index (χ0) is 15.1. The zero-order valence-corrected chi connectivity index (χ0v) is 12.0. The number of amides is 1. The lowest BCUT2D eigenvalue weighted by molar-refractivity contribution is -0.121. The van der Waals surface area contributed by atoms with Gasteiger partial charge in [0, 0.05) is 25.6 Å². The maximum Gasteiger partial charge on any atom is 0.221 e. The first-order chi connectivity index (χ1) is 10.2. The molecule has 1 aliphatic rings. The summed E-state index contributed by atoms with van der Waals surface area (Å²) in [6.07, 6.45) is 2.63. The Balaban J connectivity index is 1.78. The van der Waals surface area contributed by atoms with Gasteiger partial charge in [-0.25, -0.2) is 0 Å². The van der Waals surface area contributed by atoms with E-state index in [-0.39, 0.29) is 17.7 Å². The first-order valence-electron chi connectivity index (χ1n) is 7.23. The number of benzene rings is 1. The van der Waals surface area contributed by atoms with E-state index < -0.39 is 0 Å². The van der Waals surface area contributed by atoms with Gasteiger partial charge in [-0.3, -0.25) is 4.79 Å². The quantitative estimate of drug-likeness (QED) is 0.187. The SMILES string of the molecule is NC(=NO)C(CNCCC(=O)NC1CC1)c1ccccc1. The number of nitrogens with two attached hydrogens (primary N) is 1. The smallest absolute Gasteiger partial charge is 0.221 e. The van der Waals surface area contributed by atoms with Gasteiger partial charge >= 0.3 is 0 Å². The Labute approximate surface area is 124 Å². The van der Waals surface area contributed by atoms with E-state index in [4.69, 9.17) is 10.9 Å².